The van der Waals surface area contributed by atoms with Crippen LogP contribution >= 0.6 is 0 Å². The maximum Gasteiger partial charge on any atom is 0.305 e. The highest BCUT2D eigenvalue weighted by atomic mass is 16.5. The van der Waals surface area contributed by atoms with Crippen molar-refractivity contribution in [3.8, 4) is 5.75 Å². The smallest absolute Gasteiger partial charge is 0.305 e. The number of hydrogen-bond donors (Lipinski definition) is 2. The molecule has 1 aromatic rings. The number of carbonyl (C=O) groups excluding carboxylic acids is 1. The molecular weight excluding hydrogens is 282 g/mol. The van der Waals surface area contributed by atoms with Crippen LogP contribution in [0, 0.1) is 6.92 Å². The Morgan fingerprint density at radius 1 is 1.27 bits per heavy atom. The van der Waals surface area contributed by atoms with E-state index in [0.717, 1.165) is 18.4 Å². The molecule has 0 heterocycles. The Hall–Kier alpha value is -2.04. The lowest BCUT2D eigenvalue weighted by Gasteiger charge is -2.30. The van der Waals surface area contributed by atoms with Crippen molar-refractivity contribution >= 4 is 11.9 Å². The lowest BCUT2D eigenvalue weighted by molar-refractivity contribution is -0.139. The molecule has 0 aliphatic heterocycles. The molecule has 1 saturated carbocycles. The summed E-state index contributed by atoms with van der Waals surface area (Å²) < 4.78 is 5.63. The third kappa shape index (κ3) is 4.23. The number of ether oxygens (including phenoxy) is 1. The molecule has 1 atom stereocenters. The lowest BCUT2D eigenvalue weighted by atomic mass is 9.93. The normalized spacial score (nSPS) is 17.7. The molecule has 0 spiro atoms. The number of rotatable bonds is 6. The molecule has 1 unspecified atom stereocenters. The van der Waals surface area contributed by atoms with Gasteiger partial charge in [-0.05, 0) is 38.8 Å². The molecule has 2 N–H and O–H groups in total. The Kier molecular flexibility index (Phi) is 5.06. The second kappa shape index (κ2) is 6.81. The van der Waals surface area contributed by atoms with Crippen molar-refractivity contribution in [2.24, 2.45) is 0 Å². The predicted molar refractivity (Wildman–Crippen MR) is 82.9 cm³/mol. The van der Waals surface area contributed by atoms with Crippen LogP contribution in [0.4, 0.5) is 0 Å². The Bertz CT molecular complexity index is 532. The number of carboxylic acid groups (broad SMARTS) is 1. The largest absolute Gasteiger partial charge is 0.481 e. The number of aryl methyl sites for hydroxylation is 1. The fourth-order valence-electron chi connectivity index (χ4n) is 2.92. The first-order valence-corrected chi connectivity index (χ1v) is 7.67. The van der Waals surface area contributed by atoms with E-state index in [1.807, 2.05) is 31.2 Å². The minimum atomic E-state index is -0.880. The van der Waals surface area contributed by atoms with Crippen LogP contribution in [-0.2, 0) is 9.59 Å². The summed E-state index contributed by atoms with van der Waals surface area (Å²) in [5, 5.41) is 12.0. The van der Waals surface area contributed by atoms with Gasteiger partial charge in [0.1, 0.15) is 5.75 Å². The summed E-state index contributed by atoms with van der Waals surface area (Å²) >= 11 is 0. The summed E-state index contributed by atoms with van der Waals surface area (Å²) in [5.74, 6) is -0.509. The summed E-state index contributed by atoms with van der Waals surface area (Å²) in [6.07, 6.45) is 2.62. The molecule has 120 valence electrons. The van der Waals surface area contributed by atoms with Gasteiger partial charge in [-0.2, -0.15) is 0 Å². The maximum atomic E-state index is 12.3. The first kappa shape index (κ1) is 16.3. The number of carboxylic acids is 1. The average molecular weight is 305 g/mol. The number of hydrogen-bond acceptors (Lipinski definition) is 3. The SMILES string of the molecule is Cc1ccc(OC(C)C(=O)NC2(CC(=O)O)CCCC2)cc1. The van der Waals surface area contributed by atoms with Crippen LogP contribution in [0.15, 0.2) is 24.3 Å². The fraction of sp³-hybridized carbons (Fsp3) is 0.529. The summed E-state index contributed by atoms with van der Waals surface area (Å²) in [4.78, 5) is 23.4. The third-order valence-corrected chi connectivity index (χ3v) is 4.14. The van der Waals surface area contributed by atoms with Gasteiger partial charge in [-0.1, -0.05) is 30.5 Å². The van der Waals surface area contributed by atoms with Gasteiger partial charge in [0.2, 0.25) is 0 Å². The van der Waals surface area contributed by atoms with E-state index in [4.69, 9.17) is 9.84 Å². The third-order valence-electron chi connectivity index (χ3n) is 4.14. The molecule has 0 bridgehead atoms. The van der Waals surface area contributed by atoms with E-state index in [9.17, 15) is 9.59 Å². The summed E-state index contributed by atoms with van der Waals surface area (Å²) in [5.41, 5.74) is 0.504. The zero-order valence-corrected chi connectivity index (χ0v) is 13.1. The molecule has 5 heteroatoms. The van der Waals surface area contributed by atoms with E-state index >= 15 is 0 Å². The van der Waals surface area contributed by atoms with Crippen LogP contribution in [0.3, 0.4) is 0 Å². The second-order valence-electron chi connectivity index (χ2n) is 6.12. The van der Waals surface area contributed by atoms with Crippen LogP contribution in [-0.4, -0.2) is 28.6 Å². The van der Waals surface area contributed by atoms with Crippen LogP contribution in [0.5, 0.6) is 5.75 Å². The van der Waals surface area contributed by atoms with E-state index < -0.39 is 17.6 Å². The van der Waals surface area contributed by atoms with Gasteiger partial charge in [-0.3, -0.25) is 9.59 Å². The predicted octanol–water partition coefficient (Wildman–Crippen LogP) is 2.67. The van der Waals surface area contributed by atoms with Crippen molar-refractivity contribution in [2.75, 3.05) is 0 Å². The van der Waals surface area contributed by atoms with Gasteiger partial charge in [0.15, 0.2) is 6.10 Å². The molecular formula is C17H23NO4. The number of aliphatic carboxylic acids is 1. The van der Waals surface area contributed by atoms with Crippen molar-refractivity contribution in [1.29, 1.82) is 0 Å². The molecule has 0 saturated heterocycles. The Labute approximate surface area is 130 Å². The first-order chi connectivity index (χ1) is 10.4. The van der Waals surface area contributed by atoms with Crippen LogP contribution in [0.2, 0.25) is 0 Å². The van der Waals surface area contributed by atoms with E-state index in [1.54, 1.807) is 6.92 Å². The number of benzene rings is 1. The van der Waals surface area contributed by atoms with Crippen LogP contribution < -0.4 is 10.1 Å². The summed E-state index contributed by atoms with van der Waals surface area (Å²) in [6.45, 7) is 3.66. The summed E-state index contributed by atoms with van der Waals surface area (Å²) in [6, 6.07) is 7.48. The molecule has 2 rings (SSSR count). The van der Waals surface area contributed by atoms with Gasteiger partial charge >= 0.3 is 5.97 Å². The van der Waals surface area contributed by atoms with Crippen LogP contribution in [0.25, 0.3) is 0 Å². The van der Waals surface area contributed by atoms with Crippen molar-refractivity contribution < 1.29 is 19.4 Å². The number of nitrogens with one attached hydrogen (secondary N) is 1. The molecule has 1 aromatic carbocycles. The molecule has 1 aliphatic carbocycles. The minimum Gasteiger partial charge on any atom is -0.481 e. The summed E-state index contributed by atoms with van der Waals surface area (Å²) in [7, 11) is 0. The first-order valence-electron chi connectivity index (χ1n) is 7.67. The highest BCUT2D eigenvalue weighted by Gasteiger charge is 2.38. The molecule has 0 radical (unpaired) electrons. The molecule has 0 aromatic heterocycles. The van der Waals surface area contributed by atoms with Crippen molar-refractivity contribution in [3.63, 3.8) is 0 Å². The lowest BCUT2D eigenvalue weighted by Crippen LogP contribution is -2.51. The van der Waals surface area contributed by atoms with E-state index in [1.165, 1.54) is 0 Å². The molecule has 1 aliphatic rings. The topological polar surface area (TPSA) is 75.6 Å². The highest BCUT2D eigenvalue weighted by Crippen LogP contribution is 2.32. The van der Waals surface area contributed by atoms with Crippen molar-refractivity contribution in [2.45, 2.75) is 57.6 Å². The van der Waals surface area contributed by atoms with Gasteiger partial charge in [0.25, 0.3) is 5.91 Å². The number of carbonyl (C=O) groups is 2. The van der Waals surface area contributed by atoms with Gasteiger partial charge in [0.05, 0.1) is 12.0 Å². The molecule has 1 fully saturated rings. The van der Waals surface area contributed by atoms with Crippen molar-refractivity contribution in [3.05, 3.63) is 29.8 Å². The molecule has 1 amide bonds. The van der Waals surface area contributed by atoms with Gasteiger partial charge in [0, 0.05) is 0 Å². The Morgan fingerprint density at radius 2 is 1.86 bits per heavy atom. The van der Waals surface area contributed by atoms with E-state index in [-0.39, 0.29) is 12.3 Å². The van der Waals surface area contributed by atoms with Gasteiger partial charge in [-0.25, -0.2) is 0 Å². The maximum absolute atomic E-state index is 12.3. The monoisotopic (exact) mass is 305 g/mol. The number of amides is 1. The average Bonchev–Trinajstić information content (AvgIpc) is 2.88. The van der Waals surface area contributed by atoms with Gasteiger partial charge < -0.3 is 15.2 Å². The zero-order chi connectivity index (χ0) is 16.2. The van der Waals surface area contributed by atoms with Gasteiger partial charge in [-0.15, -0.1) is 0 Å². The Morgan fingerprint density at radius 3 is 2.41 bits per heavy atom. The highest BCUT2D eigenvalue weighted by molar-refractivity contribution is 5.82. The van der Waals surface area contributed by atoms with Crippen LogP contribution in [0.1, 0.15) is 44.6 Å². The molecule has 22 heavy (non-hydrogen) atoms. The van der Waals surface area contributed by atoms with E-state index in [0.29, 0.717) is 18.6 Å². The Balaban J connectivity index is 1.97. The molecule has 5 nitrogen and oxygen atoms in total. The minimum absolute atomic E-state index is 0.0318. The standard InChI is InChI=1S/C17H23NO4/c1-12-5-7-14(8-6-12)22-13(2)16(21)18-17(11-15(19)20)9-3-4-10-17/h5-8,13H,3-4,9-11H2,1-2H3,(H,18,21)(H,19,20). The quantitative estimate of drug-likeness (QED) is 0.847. The second-order valence-corrected chi connectivity index (χ2v) is 6.12. The van der Waals surface area contributed by atoms with Crippen molar-refractivity contribution in [1.82, 2.24) is 5.32 Å². The van der Waals surface area contributed by atoms with E-state index in [2.05, 4.69) is 5.32 Å². The fourth-order valence-corrected chi connectivity index (χ4v) is 2.92. The zero-order valence-electron chi connectivity index (χ0n) is 13.1.